The molecule has 0 aromatic heterocycles. The molecule has 102 valence electrons. The molecule has 2 rings (SSSR count). The van der Waals surface area contributed by atoms with Gasteiger partial charge in [-0.15, -0.1) is 0 Å². The number of carbonyl (C=O) groups is 2. The Balaban J connectivity index is 2.01. The molecule has 0 heterocycles. The molecule has 4 nitrogen and oxygen atoms in total. The molecule has 1 amide bonds. The zero-order chi connectivity index (χ0) is 13.8. The zero-order valence-electron chi connectivity index (χ0n) is 11.4. The predicted octanol–water partition coefficient (Wildman–Crippen LogP) is 1.74. The number of hydrogen-bond acceptors (Lipinski definition) is 3. The largest absolute Gasteiger partial charge is 0.465 e. The van der Waals surface area contributed by atoms with Crippen LogP contribution >= 0.6 is 0 Å². The van der Waals surface area contributed by atoms with E-state index in [2.05, 4.69) is 0 Å². The number of esters is 1. The number of fused-ring (bicyclic) bond motifs is 1. The van der Waals surface area contributed by atoms with Crippen LogP contribution in [-0.2, 0) is 20.7 Å². The summed E-state index contributed by atoms with van der Waals surface area (Å²) in [6.45, 7) is 4.55. The molecule has 19 heavy (non-hydrogen) atoms. The molecule has 0 bridgehead atoms. The third-order valence-corrected chi connectivity index (χ3v) is 3.47. The van der Waals surface area contributed by atoms with E-state index in [1.165, 1.54) is 5.56 Å². The van der Waals surface area contributed by atoms with Gasteiger partial charge in [0.2, 0.25) is 5.91 Å². The standard InChI is InChI=1S/C15H19NO3/c1-3-16(10-14(17)19-4-2)15(18)13-9-11-7-5-6-8-12(11)13/h5-8,13H,3-4,9-10H2,1-2H3. The van der Waals surface area contributed by atoms with Crippen molar-refractivity contribution in [3.05, 3.63) is 35.4 Å². The average molecular weight is 261 g/mol. The number of hydrogen-bond donors (Lipinski definition) is 0. The van der Waals surface area contributed by atoms with E-state index in [-0.39, 0.29) is 24.3 Å². The topological polar surface area (TPSA) is 46.6 Å². The van der Waals surface area contributed by atoms with E-state index in [1.54, 1.807) is 11.8 Å². The van der Waals surface area contributed by atoms with Gasteiger partial charge in [0.25, 0.3) is 0 Å². The number of nitrogens with zero attached hydrogens (tertiary/aromatic N) is 1. The minimum Gasteiger partial charge on any atom is -0.465 e. The fraction of sp³-hybridized carbons (Fsp3) is 0.467. The van der Waals surface area contributed by atoms with Crippen molar-refractivity contribution in [1.29, 1.82) is 0 Å². The Labute approximate surface area is 113 Å². The second-order valence-electron chi connectivity index (χ2n) is 4.61. The summed E-state index contributed by atoms with van der Waals surface area (Å²) < 4.78 is 4.89. The van der Waals surface area contributed by atoms with E-state index in [9.17, 15) is 9.59 Å². The average Bonchev–Trinajstić information content (AvgIpc) is 2.37. The SMILES string of the molecule is CCOC(=O)CN(CC)C(=O)C1Cc2ccccc21. The van der Waals surface area contributed by atoms with Crippen LogP contribution in [0.3, 0.4) is 0 Å². The van der Waals surface area contributed by atoms with E-state index in [0.29, 0.717) is 13.2 Å². The molecule has 0 fully saturated rings. The lowest BCUT2D eigenvalue weighted by Gasteiger charge is -2.33. The highest BCUT2D eigenvalue weighted by Gasteiger charge is 2.34. The first-order chi connectivity index (χ1) is 9.17. The molecule has 0 N–H and O–H groups in total. The van der Waals surface area contributed by atoms with E-state index >= 15 is 0 Å². The van der Waals surface area contributed by atoms with Gasteiger partial charge in [-0.3, -0.25) is 9.59 Å². The van der Waals surface area contributed by atoms with Crippen molar-refractivity contribution in [2.45, 2.75) is 26.2 Å². The van der Waals surface area contributed by atoms with E-state index in [1.807, 2.05) is 31.2 Å². The molecule has 1 unspecified atom stereocenters. The molecule has 0 spiro atoms. The third kappa shape index (κ3) is 2.78. The van der Waals surface area contributed by atoms with Crippen molar-refractivity contribution in [3.8, 4) is 0 Å². The summed E-state index contributed by atoms with van der Waals surface area (Å²) >= 11 is 0. The van der Waals surface area contributed by atoms with Crippen molar-refractivity contribution < 1.29 is 14.3 Å². The fourth-order valence-corrected chi connectivity index (χ4v) is 2.41. The summed E-state index contributed by atoms with van der Waals surface area (Å²) in [6, 6.07) is 7.95. The molecule has 1 aliphatic rings. The Morgan fingerprint density at radius 3 is 2.68 bits per heavy atom. The maximum absolute atomic E-state index is 12.4. The van der Waals surface area contributed by atoms with Gasteiger partial charge in [-0.05, 0) is 31.4 Å². The number of ether oxygens (including phenoxy) is 1. The first-order valence-corrected chi connectivity index (χ1v) is 6.69. The Morgan fingerprint density at radius 2 is 2.05 bits per heavy atom. The molecule has 1 atom stereocenters. The van der Waals surface area contributed by atoms with Crippen LogP contribution in [-0.4, -0.2) is 36.5 Å². The lowest BCUT2D eigenvalue weighted by molar-refractivity contribution is -0.149. The summed E-state index contributed by atoms with van der Waals surface area (Å²) in [5.41, 5.74) is 2.32. The summed E-state index contributed by atoms with van der Waals surface area (Å²) in [7, 11) is 0. The van der Waals surface area contributed by atoms with E-state index in [0.717, 1.165) is 12.0 Å². The minimum atomic E-state index is -0.342. The highest BCUT2D eigenvalue weighted by atomic mass is 16.5. The van der Waals surface area contributed by atoms with Gasteiger partial charge in [0.15, 0.2) is 0 Å². The predicted molar refractivity (Wildman–Crippen MR) is 71.8 cm³/mol. The highest BCUT2D eigenvalue weighted by molar-refractivity contribution is 5.89. The summed E-state index contributed by atoms with van der Waals surface area (Å²) in [5, 5.41) is 0. The van der Waals surface area contributed by atoms with Crippen LogP contribution in [0.25, 0.3) is 0 Å². The van der Waals surface area contributed by atoms with E-state index in [4.69, 9.17) is 4.74 Å². The molecule has 0 saturated heterocycles. The monoisotopic (exact) mass is 261 g/mol. The van der Waals surface area contributed by atoms with Gasteiger partial charge in [-0.2, -0.15) is 0 Å². The van der Waals surface area contributed by atoms with Crippen molar-refractivity contribution in [2.75, 3.05) is 19.7 Å². The Kier molecular flexibility index (Phi) is 4.20. The number of rotatable bonds is 5. The van der Waals surface area contributed by atoms with Crippen LogP contribution in [0.5, 0.6) is 0 Å². The van der Waals surface area contributed by atoms with Crippen LogP contribution < -0.4 is 0 Å². The van der Waals surface area contributed by atoms with Gasteiger partial charge in [-0.25, -0.2) is 0 Å². The molecular weight excluding hydrogens is 242 g/mol. The molecular formula is C15H19NO3. The molecule has 1 aromatic rings. The second kappa shape index (κ2) is 5.87. The quantitative estimate of drug-likeness (QED) is 0.758. The molecule has 1 aromatic carbocycles. The van der Waals surface area contributed by atoms with Crippen LogP contribution in [0.15, 0.2) is 24.3 Å². The lowest BCUT2D eigenvalue weighted by Crippen LogP contribution is -2.42. The summed E-state index contributed by atoms with van der Waals surface area (Å²) in [4.78, 5) is 25.4. The van der Waals surface area contributed by atoms with Crippen LogP contribution in [0.4, 0.5) is 0 Å². The third-order valence-electron chi connectivity index (χ3n) is 3.47. The summed E-state index contributed by atoms with van der Waals surface area (Å²) in [6.07, 6.45) is 0.772. The fourth-order valence-electron chi connectivity index (χ4n) is 2.41. The summed E-state index contributed by atoms with van der Waals surface area (Å²) in [5.74, 6) is -0.412. The number of amides is 1. The van der Waals surface area contributed by atoms with Crippen LogP contribution in [0.2, 0.25) is 0 Å². The van der Waals surface area contributed by atoms with Gasteiger partial charge in [-0.1, -0.05) is 24.3 Å². The van der Waals surface area contributed by atoms with Gasteiger partial charge >= 0.3 is 5.97 Å². The lowest BCUT2D eigenvalue weighted by atomic mass is 9.77. The van der Waals surface area contributed by atoms with Gasteiger partial charge in [0.05, 0.1) is 12.5 Å². The second-order valence-corrected chi connectivity index (χ2v) is 4.61. The first kappa shape index (κ1) is 13.6. The minimum absolute atomic E-state index is 0.0225. The number of carbonyl (C=O) groups excluding carboxylic acids is 2. The van der Waals surface area contributed by atoms with Crippen molar-refractivity contribution in [3.63, 3.8) is 0 Å². The zero-order valence-corrected chi connectivity index (χ0v) is 11.4. The van der Waals surface area contributed by atoms with Crippen LogP contribution in [0.1, 0.15) is 30.9 Å². The number of benzene rings is 1. The van der Waals surface area contributed by atoms with Gasteiger partial charge in [0, 0.05) is 6.54 Å². The van der Waals surface area contributed by atoms with Gasteiger partial charge < -0.3 is 9.64 Å². The van der Waals surface area contributed by atoms with Crippen molar-refractivity contribution in [2.24, 2.45) is 0 Å². The maximum atomic E-state index is 12.4. The highest BCUT2D eigenvalue weighted by Crippen LogP contribution is 2.36. The Bertz CT molecular complexity index is 484. The van der Waals surface area contributed by atoms with Crippen molar-refractivity contribution >= 4 is 11.9 Å². The molecule has 0 radical (unpaired) electrons. The molecule has 1 aliphatic carbocycles. The smallest absolute Gasteiger partial charge is 0.325 e. The Hall–Kier alpha value is -1.84. The molecule has 0 aliphatic heterocycles. The maximum Gasteiger partial charge on any atom is 0.325 e. The number of likely N-dealkylation sites (N-methyl/N-ethyl adjacent to an activating group) is 1. The van der Waals surface area contributed by atoms with Crippen LogP contribution in [0, 0.1) is 0 Å². The normalized spacial score (nSPS) is 16.2. The van der Waals surface area contributed by atoms with Crippen molar-refractivity contribution in [1.82, 2.24) is 4.90 Å². The molecule has 0 saturated carbocycles. The Morgan fingerprint density at radius 1 is 1.32 bits per heavy atom. The van der Waals surface area contributed by atoms with E-state index < -0.39 is 0 Å². The van der Waals surface area contributed by atoms with Gasteiger partial charge in [0.1, 0.15) is 6.54 Å². The molecule has 4 heteroatoms. The first-order valence-electron chi connectivity index (χ1n) is 6.69.